The summed E-state index contributed by atoms with van der Waals surface area (Å²) in [5.41, 5.74) is 0.571. The lowest BCUT2D eigenvalue weighted by atomic mass is 10.0. The van der Waals surface area contributed by atoms with Crippen LogP contribution in [0, 0.1) is 5.92 Å². The predicted octanol–water partition coefficient (Wildman–Crippen LogP) is 0.726. The predicted molar refractivity (Wildman–Crippen MR) is 63.2 cm³/mol. The van der Waals surface area contributed by atoms with Crippen molar-refractivity contribution < 1.29 is 4.79 Å². The fourth-order valence-electron chi connectivity index (χ4n) is 1.69. The SMILES string of the molecule is CC(C)C(CNC(=O)c1cn[nH]c1)N(C)C. The molecule has 0 aliphatic heterocycles. The summed E-state index contributed by atoms with van der Waals surface area (Å²) >= 11 is 0. The summed E-state index contributed by atoms with van der Waals surface area (Å²) in [5, 5.41) is 9.27. The van der Waals surface area contributed by atoms with Gasteiger partial charge in [0.05, 0.1) is 11.8 Å². The lowest BCUT2D eigenvalue weighted by Crippen LogP contribution is -2.43. The molecule has 1 unspecified atom stereocenters. The number of H-pyrrole nitrogens is 1. The van der Waals surface area contributed by atoms with Crippen LogP contribution in [0.3, 0.4) is 0 Å². The molecule has 1 atom stereocenters. The first-order valence-corrected chi connectivity index (χ1v) is 5.45. The number of likely N-dealkylation sites (N-methyl/N-ethyl adjacent to an activating group) is 1. The van der Waals surface area contributed by atoms with Gasteiger partial charge in [0.15, 0.2) is 0 Å². The molecule has 0 radical (unpaired) electrons. The smallest absolute Gasteiger partial charge is 0.254 e. The van der Waals surface area contributed by atoms with Gasteiger partial charge in [-0.05, 0) is 20.0 Å². The third-order valence-corrected chi connectivity index (χ3v) is 2.67. The lowest BCUT2D eigenvalue weighted by molar-refractivity contribution is 0.0935. The van der Waals surface area contributed by atoms with Gasteiger partial charge >= 0.3 is 0 Å². The van der Waals surface area contributed by atoms with Crippen LogP contribution < -0.4 is 5.32 Å². The van der Waals surface area contributed by atoms with E-state index in [0.29, 0.717) is 24.1 Å². The van der Waals surface area contributed by atoms with E-state index in [1.54, 1.807) is 6.20 Å². The minimum absolute atomic E-state index is 0.0822. The Bertz CT molecular complexity index is 311. The van der Waals surface area contributed by atoms with Gasteiger partial charge in [-0.15, -0.1) is 0 Å². The van der Waals surface area contributed by atoms with Crippen LogP contribution in [-0.2, 0) is 0 Å². The Kier molecular flexibility index (Phi) is 4.49. The third kappa shape index (κ3) is 3.34. The molecule has 0 aliphatic rings. The monoisotopic (exact) mass is 224 g/mol. The van der Waals surface area contributed by atoms with Crippen LogP contribution >= 0.6 is 0 Å². The van der Waals surface area contributed by atoms with Crippen molar-refractivity contribution in [2.75, 3.05) is 20.6 Å². The van der Waals surface area contributed by atoms with E-state index in [2.05, 4.69) is 34.3 Å². The van der Waals surface area contributed by atoms with Crippen molar-refractivity contribution in [2.24, 2.45) is 5.92 Å². The number of aromatic nitrogens is 2. The molecule has 1 aromatic rings. The molecule has 0 saturated heterocycles. The molecule has 0 bridgehead atoms. The molecular weight excluding hydrogens is 204 g/mol. The largest absolute Gasteiger partial charge is 0.350 e. The van der Waals surface area contributed by atoms with Crippen molar-refractivity contribution in [1.29, 1.82) is 0 Å². The van der Waals surface area contributed by atoms with Gasteiger partial charge in [0, 0.05) is 18.8 Å². The van der Waals surface area contributed by atoms with Crippen molar-refractivity contribution in [3.05, 3.63) is 18.0 Å². The van der Waals surface area contributed by atoms with E-state index in [0.717, 1.165) is 0 Å². The molecule has 1 amide bonds. The number of hydrogen-bond donors (Lipinski definition) is 2. The topological polar surface area (TPSA) is 61.0 Å². The zero-order chi connectivity index (χ0) is 12.1. The number of carbonyl (C=O) groups excluding carboxylic acids is 1. The molecule has 1 aromatic heterocycles. The lowest BCUT2D eigenvalue weighted by Gasteiger charge is -2.27. The van der Waals surface area contributed by atoms with Gasteiger partial charge in [0.25, 0.3) is 5.91 Å². The van der Waals surface area contributed by atoms with Gasteiger partial charge in [-0.3, -0.25) is 9.89 Å². The van der Waals surface area contributed by atoms with Gasteiger partial charge in [-0.25, -0.2) is 0 Å². The normalized spacial score (nSPS) is 13.1. The Morgan fingerprint density at radius 3 is 2.69 bits per heavy atom. The van der Waals surface area contributed by atoms with Crippen molar-refractivity contribution in [3.63, 3.8) is 0 Å². The number of nitrogens with one attached hydrogen (secondary N) is 2. The molecule has 1 heterocycles. The quantitative estimate of drug-likeness (QED) is 0.775. The molecule has 0 spiro atoms. The van der Waals surface area contributed by atoms with Crippen LogP contribution in [0.15, 0.2) is 12.4 Å². The molecule has 1 rings (SSSR count). The van der Waals surface area contributed by atoms with E-state index >= 15 is 0 Å². The highest BCUT2D eigenvalue weighted by molar-refractivity contribution is 5.93. The summed E-state index contributed by atoms with van der Waals surface area (Å²) in [6.45, 7) is 4.94. The number of carbonyl (C=O) groups is 1. The molecule has 5 nitrogen and oxygen atoms in total. The molecule has 16 heavy (non-hydrogen) atoms. The second-order valence-corrected chi connectivity index (χ2v) is 4.47. The highest BCUT2D eigenvalue weighted by Crippen LogP contribution is 2.06. The highest BCUT2D eigenvalue weighted by Gasteiger charge is 2.17. The Labute approximate surface area is 96.2 Å². The summed E-state index contributed by atoms with van der Waals surface area (Å²) in [7, 11) is 4.04. The number of amides is 1. The zero-order valence-electron chi connectivity index (χ0n) is 10.3. The Morgan fingerprint density at radius 1 is 1.56 bits per heavy atom. The Hall–Kier alpha value is -1.36. The maximum atomic E-state index is 11.7. The summed E-state index contributed by atoms with van der Waals surface area (Å²) in [6, 6.07) is 0.343. The molecular formula is C11H20N4O. The van der Waals surface area contributed by atoms with Crippen LogP contribution in [-0.4, -0.2) is 47.7 Å². The Morgan fingerprint density at radius 2 is 2.25 bits per heavy atom. The maximum Gasteiger partial charge on any atom is 0.254 e. The molecule has 0 aliphatic carbocycles. The number of rotatable bonds is 5. The van der Waals surface area contributed by atoms with Gasteiger partial charge in [0.1, 0.15) is 0 Å². The first-order valence-electron chi connectivity index (χ1n) is 5.45. The fourth-order valence-corrected chi connectivity index (χ4v) is 1.69. The second-order valence-electron chi connectivity index (χ2n) is 4.47. The minimum Gasteiger partial charge on any atom is -0.350 e. The van der Waals surface area contributed by atoms with Crippen LogP contribution in [0.2, 0.25) is 0 Å². The van der Waals surface area contributed by atoms with Crippen molar-refractivity contribution in [3.8, 4) is 0 Å². The van der Waals surface area contributed by atoms with E-state index in [4.69, 9.17) is 0 Å². The number of nitrogens with zero attached hydrogens (tertiary/aromatic N) is 2. The second kappa shape index (κ2) is 5.65. The average Bonchev–Trinajstić information content (AvgIpc) is 2.69. The van der Waals surface area contributed by atoms with Gasteiger partial charge in [0.2, 0.25) is 0 Å². The third-order valence-electron chi connectivity index (χ3n) is 2.67. The summed E-state index contributed by atoms with van der Waals surface area (Å²) in [5.74, 6) is 0.417. The molecule has 0 aromatic carbocycles. The summed E-state index contributed by atoms with van der Waals surface area (Å²) in [4.78, 5) is 13.8. The van der Waals surface area contributed by atoms with Gasteiger partial charge in [-0.2, -0.15) is 5.10 Å². The summed E-state index contributed by atoms with van der Waals surface area (Å²) in [6.07, 6.45) is 3.12. The van der Waals surface area contributed by atoms with E-state index in [1.165, 1.54) is 6.20 Å². The van der Waals surface area contributed by atoms with E-state index in [-0.39, 0.29) is 5.91 Å². The molecule has 0 saturated carbocycles. The minimum atomic E-state index is -0.0822. The molecule has 0 fully saturated rings. The average molecular weight is 224 g/mol. The van der Waals surface area contributed by atoms with E-state index in [9.17, 15) is 4.79 Å². The van der Waals surface area contributed by atoms with E-state index < -0.39 is 0 Å². The molecule has 5 heteroatoms. The van der Waals surface area contributed by atoms with Crippen molar-refractivity contribution in [1.82, 2.24) is 20.4 Å². The zero-order valence-corrected chi connectivity index (χ0v) is 10.3. The van der Waals surface area contributed by atoms with E-state index in [1.807, 2.05) is 14.1 Å². The Balaban J connectivity index is 2.47. The fraction of sp³-hybridized carbons (Fsp3) is 0.636. The highest BCUT2D eigenvalue weighted by atomic mass is 16.1. The number of hydrogen-bond acceptors (Lipinski definition) is 3. The first kappa shape index (κ1) is 12.7. The van der Waals surface area contributed by atoms with Gasteiger partial charge < -0.3 is 10.2 Å². The molecule has 90 valence electrons. The number of aromatic amines is 1. The summed E-state index contributed by atoms with van der Waals surface area (Å²) < 4.78 is 0. The first-order chi connectivity index (χ1) is 7.52. The van der Waals surface area contributed by atoms with Crippen LogP contribution in [0.1, 0.15) is 24.2 Å². The standard InChI is InChI=1S/C11H20N4O/c1-8(2)10(15(3)4)7-12-11(16)9-5-13-14-6-9/h5-6,8,10H,7H2,1-4H3,(H,12,16)(H,13,14). The maximum absolute atomic E-state index is 11.7. The van der Waals surface area contributed by atoms with Crippen LogP contribution in [0.4, 0.5) is 0 Å². The van der Waals surface area contributed by atoms with Crippen molar-refractivity contribution in [2.45, 2.75) is 19.9 Å². The molecule has 2 N–H and O–H groups in total. The van der Waals surface area contributed by atoms with Crippen LogP contribution in [0.5, 0.6) is 0 Å². The van der Waals surface area contributed by atoms with Crippen LogP contribution in [0.25, 0.3) is 0 Å². The van der Waals surface area contributed by atoms with Gasteiger partial charge in [-0.1, -0.05) is 13.8 Å². The van der Waals surface area contributed by atoms with Crippen molar-refractivity contribution >= 4 is 5.91 Å².